The van der Waals surface area contributed by atoms with E-state index in [1.165, 1.54) is 12.4 Å². The van der Waals surface area contributed by atoms with Gasteiger partial charge in [0.2, 0.25) is 0 Å². The van der Waals surface area contributed by atoms with Crippen LogP contribution >= 0.6 is 0 Å². The fraction of sp³-hybridized carbons (Fsp3) is 0.125. The van der Waals surface area contributed by atoms with E-state index in [-0.39, 0.29) is 5.71 Å². The highest BCUT2D eigenvalue weighted by Crippen LogP contribution is 2.20. The quantitative estimate of drug-likeness (QED) is 0.569. The van der Waals surface area contributed by atoms with E-state index in [1.807, 2.05) is 0 Å². The summed E-state index contributed by atoms with van der Waals surface area (Å²) in [5.41, 5.74) is 10.9. The van der Waals surface area contributed by atoms with Crippen LogP contribution in [-0.2, 0) is 4.79 Å². The molecule has 0 aliphatic carbocycles. The van der Waals surface area contributed by atoms with E-state index in [4.69, 9.17) is 11.5 Å². The lowest BCUT2D eigenvalue weighted by Gasteiger charge is -2.23. The smallest absolute Gasteiger partial charge is 0.323 e. The van der Waals surface area contributed by atoms with Gasteiger partial charge in [-0.05, 0) is 0 Å². The molecule has 0 spiro atoms. The average molecular weight is 207 g/mol. The maximum Gasteiger partial charge on any atom is 0.323 e. The summed E-state index contributed by atoms with van der Waals surface area (Å²) in [5, 5.41) is 0. The van der Waals surface area contributed by atoms with Crippen molar-refractivity contribution in [2.45, 2.75) is 0 Å². The summed E-state index contributed by atoms with van der Waals surface area (Å²) in [5.74, 6) is -0.622. The molecule has 0 atom stereocenters. The van der Waals surface area contributed by atoms with E-state index in [9.17, 15) is 9.59 Å². The Morgan fingerprint density at radius 3 is 2.67 bits per heavy atom. The van der Waals surface area contributed by atoms with Crippen molar-refractivity contribution in [2.75, 3.05) is 6.67 Å². The first-order valence-corrected chi connectivity index (χ1v) is 4.19. The second-order valence-corrected chi connectivity index (χ2v) is 3.04. The molecule has 2 rings (SSSR count). The predicted octanol–water partition coefficient (Wildman–Crippen LogP) is -1.11. The van der Waals surface area contributed by atoms with Gasteiger partial charge in [-0.25, -0.2) is 4.79 Å². The number of nitrogens with two attached hydrogens (primary N) is 2. The van der Waals surface area contributed by atoms with Crippen LogP contribution in [0.5, 0.6) is 0 Å². The molecule has 3 amide bonds. The lowest BCUT2D eigenvalue weighted by molar-refractivity contribution is -0.111. The summed E-state index contributed by atoms with van der Waals surface area (Å²) < 4.78 is 0. The van der Waals surface area contributed by atoms with Gasteiger partial charge in [0.15, 0.2) is 0 Å². The van der Waals surface area contributed by atoms with E-state index in [0.717, 1.165) is 4.90 Å². The molecule has 2 heterocycles. The van der Waals surface area contributed by atoms with E-state index >= 15 is 0 Å². The van der Waals surface area contributed by atoms with Gasteiger partial charge >= 0.3 is 6.03 Å². The number of carbonyl (C=O) groups is 2. The zero-order valence-electron chi connectivity index (χ0n) is 7.75. The SMILES string of the molecule is NC(=O)C1=NCN2C=CN(C(N)=O)C=C12. The Balaban J connectivity index is 2.32. The van der Waals surface area contributed by atoms with Crippen molar-refractivity contribution in [3.63, 3.8) is 0 Å². The standard InChI is InChI=1S/C8H9N5O2/c9-7(14)6-5-3-12(8(10)15)1-2-13(5)4-11-6/h1-3H,4H2,(H2,9,14)(H2,10,15). The van der Waals surface area contributed by atoms with Crippen molar-refractivity contribution in [2.24, 2.45) is 16.5 Å². The number of hydrogen-bond acceptors (Lipinski definition) is 4. The number of urea groups is 1. The van der Waals surface area contributed by atoms with E-state index < -0.39 is 11.9 Å². The lowest BCUT2D eigenvalue weighted by Crippen LogP contribution is -2.34. The Labute approximate surface area is 85.3 Å². The molecule has 0 saturated carbocycles. The second kappa shape index (κ2) is 3.12. The monoisotopic (exact) mass is 207 g/mol. The van der Waals surface area contributed by atoms with Gasteiger partial charge in [0, 0.05) is 18.6 Å². The normalized spacial score (nSPS) is 18.4. The molecular weight excluding hydrogens is 198 g/mol. The minimum Gasteiger partial charge on any atom is -0.364 e. The largest absolute Gasteiger partial charge is 0.364 e. The van der Waals surface area contributed by atoms with E-state index in [1.54, 1.807) is 11.1 Å². The van der Waals surface area contributed by atoms with Crippen LogP contribution < -0.4 is 11.5 Å². The molecule has 15 heavy (non-hydrogen) atoms. The molecule has 0 saturated heterocycles. The Bertz CT molecular complexity index is 423. The van der Waals surface area contributed by atoms with Crippen LogP contribution in [0.3, 0.4) is 0 Å². The molecular formula is C8H9N5O2. The van der Waals surface area contributed by atoms with Gasteiger partial charge in [0.05, 0.1) is 5.70 Å². The van der Waals surface area contributed by atoms with Gasteiger partial charge in [-0.2, -0.15) is 0 Å². The van der Waals surface area contributed by atoms with Gasteiger partial charge < -0.3 is 16.4 Å². The third-order valence-electron chi connectivity index (χ3n) is 2.09. The van der Waals surface area contributed by atoms with E-state index in [2.05, 4.69) is 4.99 Å². The van der Waals surface area contributed by atoms with Crippen molar-refractivity contribution in [1.29, 1.82) is 0 Å². The van der Waals surface area contributed by atoms with Crippen molar-refractivity contribution >= 4 is 17.6 Å². The number of aliphatic imine (C=N–C) groups is 1. The Morgan fingerprint density at radius 2 is 2.07 bits per heavy atom. The van der Waals surface area contributed by atoms with Gasteiger partial charge in [-0.3, -0.25) is 14.7 Å². The minimum absolute atomic E-state index is 0.158. The second-order valence-electron chi connectivity index (χ2n) is 3.04. The summed E-state index contributed by atoms with van der Waals surface area (Å²) in [6.07, 6.45) is 4.53. The van der Waals surface area contributed by atoms with Crippen molar-refractivity contribution in [3.8, 4) is 0 Å². The first kappa shape index (κ1) is 9.25. The van der Waals surface area contributed by atoms with Gasteiger partial charge in [-0.15, -0.1) is 0 Å². The molecule has 0 aromatic rings. The van der Waals surface area contributed by atoms with Crippen LogP contribution in [0.1, 0.15) is 0 Å². The zero-order chi connectivity index (χ0) is 11.0. The zero-order valence-corrected chi connectivity index (χ0v) is 7.75. The molecule has 7 nitrogen and oxygen atoms in total. The van der Waals surface area contributed by atoms with Crippen LogP contribution in [0.4, 0.5) is 4.79 Å². The predicted molar refractivity (Wildman–Crippen MR) is 52.0 cm³/mol. The molecule has 0 aromatic heterocycles. The summed E-state index contributed by atoms with van der Waals surface area (Å²) in [6, 6.07) is -0.630. The van der Waals surface area contributed by atoms with Crippen molar-refractivity contribution in [1.82, 2.24) is 9.80 Å². The molecule has 78 valence electrons. The van der Waals surface area contributed by atoms with E-state index in [0.29, 0.717) is 12.4 Å². The van der Waals surface area contributed by atoms with Gasteiger partial charge in [0.1, 0.15) is 12.4 Å². The molecule has 0 bridgehead atoms. The number of primary amides is 2. The maximum atomic E-state index is 11.0. The van der Waals surface area contributed by atoms with Gasteiger partial charge in [-0.1, -0.05) is 0 Å². The minimum atomic E-state index is -0.630. The first-order valence-electron chi connectivity index (χ1n) is 4.19. The van der Waals surface area contributed by atoms with Crippen LogP contribution in [0, 0.1) is 0 Å². The van der Waals surface area contributed by atoms with Crippen molar-refractivity contribution < 1.29 is 9.59 Å². The number of nitrogens with zero attached hydrogens (tertiary/aromatic N) is 3. The Morgan fingerprint density at radius 1 is 1.33 bits per heavy atom. The summed E-state index contributed by atoms with van der Waals surface area (Å²) in [6.45, 7) is 0.327. The summed E-state index contributed by atoms with van der Waals surface area (Å²) in [4.78, 5) is 28.7. The number of amides is 3. The third-order valence-corrected chi connectivity index (χ3v) is 2.09. The highest BCUT2D eigenvalue weighted by atomic mass is 16.2. The molecule has 4 N–H and O–H groups in total. The fourth-order valence-electron chi connectivity index (χ4n) is 1.37. The first-order chi connectivity index (χ1) is 7.09. The Kier molecular flexibility index (Phi) is 1.93. The number of fused-ring (bicyclic) bond motifs is 1. The van der Waals surface area contributed by atoms with Crippen LogP contribution in [0.15, 0.2) is 29.3 Å². The lowest BCUT2D eigenvalue weighted by atomic mass is 10.2. The molecule has 0 aromatic carbocycles. The molecule has 0 unspecified atom stereocenters. The highest BCUT2D eigenvalue weighted by molar-refractivity contribution is 6.45. The summed E-state index contributed by atoms with van der Waals surface area (Å²) >= 11 is 0. The van der Waals surface area contributed by atoms with Crippen LogP contribution in [-0.4, -0.2) is 34.1 Å². The number of rotatable bonds is 1. The molecule has 7 heteroatoms. The Hall–Kier alpha value is -2.31. The van der Waals surface area contributed by atoms with Gasteiger partial charge in [0.25, 0.3) is 5.91 Å². The average Bonchev–Trinajstić information content (AvgIpc) is 2.59. The maximum absolute atomic E-state index is 11.0. The topological polar surface area (TPSA) is 105 Å². The summed E-state index contributed by atoms with van der Waals surface area (Å²) in [7, 11) is 0. The number of hydrogen-bond donors (Lipinski definition) is 2. The number of carbonyl (C=O) groups excluding carboxylic acids is 2. The highest BCUT2D eigenvalue weighted by Gasteiger charge is 2.27. The molecule has 0 radical (unpaired) electrons. The van der Waals surface area contributed by atoms with Crippen LogP contribution in [0.2, 0.25) is 0 Å². The van der Waals surface area contributed by atoms with Crippen molar-refractivity contribution in [3.05, 3.63) is 24.3 Å². The molecule has 2 aliphatic rings. The molecule has 0 fully saturated rings. The fourth-order valence-corrected chi connectivity index (χ4v) is 1.37. The third kappa shape index (κ3) is 1.43. The van der Waals surface area contributed by atoms with Crippen LogP contribution in [0.25, 0.3) is 0 Å². The molecule has 2 aliphatic heterocycles.